The van der Waals surface area contributed by atoms with E-state index >= 15 is 0 Å². The number of aromatic nitrogens is 4. The summed E-state index contributed by atoms with van der Waals surface area (Å²) in [6.07, 6.45) is 7.75. The van der Waals surface area contributed by atoms with Gasteiger partial charge in [-0.05, 0) is 34.6 Å². The molecule has 0 aromatic carbocycles. The van der Waals surface area contributed by atoms with Crippen molar-refractivity contribution >= 4 is 17.2 Å². The number of carbonyl (C=O) groups is 1. The first kappa shape index (κ1) is 21.2. The molecule has 1 aliphatic rings. The van der Waals surface area contributed by atoms with Crippen molar-refractivity contribution in [3.63, 3.8) is 0 Å². The third-order valence-electron chi connectivity index (χ3n) is 5.19. The van der Waals surface area contributed by atoms with Gasteiger partial charge in [0.2, 0.25) is 5.88 Å². The van der Waals surface area contributed by atoms with Crippen LogP contribution >= 0.6 is 0 Å². The lowest BCUT2D eigenvalue weighted by molar-refractivity contribution is 0.0527. The zero-order chi connectivity index (χ0) is 22.4. The first-order valence-corrected chi connectivity index (χ1v) is 10.2. The van der Waals surface area contributed by atoms with Crippen LogP contribution < -0.4 is 15.4 Å². The van der Waals surface area contributed by atoms with Crippen molar-refractivity contribution in [1.29, 1.82) is 0 Å². The largest absolute Gasteiger partial charge is 0.473 e. The summed E-state index contributed by atoms with van der Waals surface area (Å²) >= 11 is 0. The predicted octanol–water partition coefficient (Wildman–Crippen LogP) is 3.51. The number of hydrogen-bond acceptors (Lipinski definition) is 6. The van der Waals surface area contributed by atoms with Gasteiger partial charge in [0.05, 0.1) is 23.8 Å². The Labute approximate surface area is 180 Å². The van der Waals surface area contributed by atoms with E-state index in [1.165, 1.54) is 22.9 Å². The van der Waals surface area contributed by atoms with Gasteiger partial charge in [0.1, 0.15) is 11.8 Å². The monoisotopic (exact) mass is 426 g/mol. The van der Waals surface area contributed by atoms with Gasteiger partial charge in [0, 0.05) is 42.4 Å². The van der Waals surface area contributed by atoms with Crippen LogP contribution in [-0.2, 0) is 0 Å². The second-order valence-electron chi connectivity index (χ2n) is 9.42. The second-order valence-corrected chi connectivity index (χ2v) is 9.42. The number of carbonyl (C=O) groups excluding carboxylic acids is 1. The minimum Gasteiger partial charge on any atom is -0.473 e. The Morgan fingerprint density at radius 2 is 1.90 bits per heavy atom. The third kappa shape index (κ3) is 4.82. The van der Waals surface area contributed by atoms with Crippen LogP contribution in [0.25, 0.3) is 5.65 Å². The number of hydrogen-bond donors (Lipinski definition) is 2. The minimum absolute atomic E-state index is 0.00596. The van der Waals surface area contributed by atoms with Crippen LogP contribution in [0, 0.1) is 12.7 Å². The van der Waals surface area contributed by atoms with Crippen molar-refractivity contribution in [3.05, 3.63) is 48.1 Å². The van der Waals surface area contributed by atoms with E-state index in [2.05, 4.69) is 53.3 Å². The van der Waals surface area contributed by atoms with Crippen molar-refractivity contribution in [2.24, 2.45) is 0 Å². The van der Waals surface area contributed by atoms with Gasteiger partial charge in [0.25, 0.3) is 5.91 Å². The predicted molar refractivity (Wildman–Crippen MR) is 115 cm³/mol. The first-order valence-electron chi connectivity index (χ1n) is 10.2. The van der Waals surface area contributed by atoms with E-state index in [4.69, 9.17) is 4.74 Å². The number of amides is 1. The van der Waals surface area contributed by atoms with Crippen LogP contribution in [0.3, 0.4) is 0 Å². The molecule has 0 spiro atoms. The molecule has 1 aliphatic heterocycles. The molecule has 0 unspecified atom stereocenters. The van der Waals surface area contributed by atoms with E-state index in [-0.39, 0.29) is 28.5 Å². The number of fused-ring (bicyclic) bond motifs is 1. The Kier molecular flexibility index (Phi) is 5.17. The van der Waals surface area contributed by atoms with Gasteiger partial charge in [0.15, 0.2) is 11.5 Å². The summed E-state index contributed by atoms with van der Waals surface area (Å²) in [5.41, 5.74) is 1.20. The molecule has 1 amide bonds. The highest BCUT2D eigenvalue weighted by atomic mass is 19.1. The molecule has 1 saturated heterocycles. The number of pyridine rings is 1. The molecule has 0 atom stereocenters. The van der Waals surface area contributed by atoms with Crippen molar-refractivity contribution < 1.29 is 13.9 Å². The van der Waals surface area contributed by atoms with Crippen LogP contribution in [-0.4, -0.2) is 42.4 Å². The fourth-order valence-corrected chi connectivity index (χ4v) is 4.42. The summed E-state index contributed by atoms with van der Waals surface area (Å²) in [7, 11) is 0. The Balaban J connectivity index is 1.44. The van der Waals surface area contributed by atoms with E-state index in [1.807, 2.05) is 0 Å². The molecule has 9 heteroatoms. The topological polar surface area (TPSA) is 93.4 Å². The summed E-state index contributed by atoms with van der Waals surface area (Å²) in [5, 5.41) is 6.25. The standard InChI is InChI=1S/C22H27FN6O2/c1-13-11-29-12-14(6-16(23)19(29)26-13)27-20(30)17-9-25-18(10-24-17)31-15-7-21(2,3)28-22(4,5)8-15/h6,9-12,15,28H,7-8H2,1-5H3,(H,27,30). The average Bonchev–Trinajstić information content (AvgIpc) is 3.00. The van der Waals surface area contributed by atoms with Crippen molar-refractivity contribution in [3.8, 4) is 5.88 Å². The third-order valence-corrected chi connectivity index (χ3v) is 5.19. The van der Waals surface area contributed by atoms with Crippen molar-refractivity contribution in [1.82, 2.24) is 24.7 Å². The lowest BCUT2D eigenvalue weighted by Crippen LogP contribution is -2.60. The van der Waals surface area contributed by atoms with Gasteiger partial charge in [-0.15, -0.1) is 0 Å². The smallest absolute Gasteiger partial charge is 0.275 e. The van der Waals surface area contributed by atoms with Gasteiger partial charge in [-0.1, -0.05) is 0 Å². The minimum atomic E-state index is -0.520. The van der Waals surface area contributed by atoms with E-state index in [1.54, 1.807) is 19.3 Å². The lowest BCUT2D eigenvalue weighted by atomic mass is 9.81. The van der Waals surface area contributed by atoms with Gasteiger partial charge in [-0.2, -0.15) is 0 Å². The van der Waals surface area contributed by atoms with Crippen LogP contribution in [0.5, 0.6) is 5.88 Å². The molecule has 164 valence electrons. The summed E-state index contributed by atoms with van der Waals surface area (Å²) in [4.78, 5) is 25.1. The van der Waals surface area contributed by atoms with Gasteiger partial charge >= 0.3 is 0 Å². The number of rotatable bonds is 4. The molecule has 2 N–H and O–H groups in total. The molecule has 3 aromatic rings. The highest BCUT2D eigenvalue weighted by Crippen LogP contribution is 2.30. The number of halogens is 1. The highest BCUT2D eigenvalue weighted by molar-refractivity contribution is 6.02. The van der Waals surface area contributed by atoms with E-state index in [9.17, 15) is 9.18 Å². The lowest BCUT2D eigenvalue weighted by Gasteiger charge is -2.46. The summed E-state index contributed by atoms with van der Waals surface area (Å²) in [6.45, 7) is 10.4. The molecule has 31 heavy (non-hydrogen) atoms. The van der Waals surface area contributed by atoms with Crippen LogP contribution in [0.4, 0.5) is 10.1 Å². The van der Waals surface area contributed by atoms with E-state index in [0.717, 1.165) is 12.8 Å². The number of nitrogens with one attached hydrogen (secondary N) is 2. The van der Waals surface area contributed by atoms with Crippen molar-refractivity contribution in [2.75, 3.05) is 5.32 Å². The Morgan fingerprint density at radius 1 is 1.19 bits per heavy atom. The molecule has 4 rings (SSSR count). The van der Waals surface area contributed by atoms with Gasteiger partial charge < -0.3 is 19.8 Å². The van der Waals surface area contributed by atoms with Gasteiger partial charge in [-0.3, -0.25) is 4.79 Å². The maximum Gasteiger partial charge on any atom is 0.275 e. The van der Waals surface area contributed by atoms with Crippen LogP contribution in [0.1, 0.15) is 56.7 Å². The quantitative estimate of drug-likeness (QED) is 0.663. The normalized spacial score (nSPS) is 18.1. The number of anilines is 1. The second kappa shape index (κ2) is 7.56. The molecule has 4 heterocycles. The highest BCUT2D eigenvalue weighted by Gasteiger charge is 2.38. The summed E-state index contributed by atoms with van der Waals surface area (Å²) in [5.74, 6) is -0.635. The Bertz CT molecular complexity index is 1110. The fraction of sp³-hybridized carbons (Fsp3) is 0.455. The molecular formula is C22H27FN6O2. The average molecular weight is 426 g/mol. The first-order chi connectivity index (χ1) is 14.5. The van der Waals surface area contributed by atoms with Gasteiger partial charge in [-0.25, -0.2) is 19.3 Å². The van der Waals surface area contributed by atoms with Crippen LogP contribution in [0.2, 0.25) is 0 Å². The number of nitrogens with zero attached hydrogens (tertiary/aromatic N) is 4. The molecule has 3 aromatic heterocycles. The molecule has 8 nitrogen and oxygen atoms in total. The van der Waals surface area contributed by atoms with E-state index < -0.39 is 11.7 Å². The molecule has 0 radical (unpaired) electrons. The number of piperidine rings is 1. The SMILES string of the molecule is Cc1cn2cc(NC(=O)c3cnc(OC4CC(C)(C)NC(C)(C)C4)cn3)cc(F)c2n1. The summed E-state index contributed by atoms with van der Waals surface area (Å²) in [6, 6.07) is 1.23. The number of imidazole rings is 1. The zero-order valence-corrected chi connectivity index (χ0v) is 18.4. The Morgan fingerprint density at radius 3 is 2.55 bits per heavy atom. The van der Waals surface area contributed by atoms with E-state index in [0.29, 0.717) is 17.3 Å². The number of aryl methyl sites for hydroxylation is 1. The molecule has 1 fully saturated rings. The number of ether oxygens (including phenoxy) is 1. The van der Waals surface area contributed by atoms with Crippen LogP contribution in [0.15, 0.2) is 30.9 Å². The molecule has 0 saturated carbocycles. The molecule has 0 aliphatic carbocycles. The summed E-state index contributed by atoms with van der Waals surface area (Å²) < 4.78 is 21.8. The fourth-order valence-electron chi connectivity index (χ4n) is 4.42. The maximum atomic E-state index is 14.2. The maximum absolute atomic E-state index is 14.2. The zero-order valence-electron chi connectivity index (χ0n) is 18.4. The van der Waals surface area contributed by atoms with Crippen molar-refractivity contribution in [2.45, 2.75) is 64.6 Å². The molecule has 0 bridgehead atoms. The Hall–Kier alpha value is -3.07. The molecular weight excluding hydrogens is 399 g/mol.